The number of Topliss-reactive ketones (excluding diaryl/α,β-unsaturated/α-hetero) is 1. The van der Waals surface area contributed by atoms with Crippen LogP contribution in [0.5, 0.6) is 0 Å². The van der Waals surface area contributed by atoms with Crippen molar-refractivity contribution in [2.24, 2.45) is 0 Å². The van der Waals surface area contributed by atoms with Crippen molar-refractivity contribution >= 4 is 13.6 Å². The van der Waals surface area contributed by atoms with Gasteiger partial charge in [-0.1, -0.05) is 84.0 Å². The van der Waals surface area contributed by atoms with E-state index in [2.05, 4.69) is 11.4 Å². The minimum atomic E-state index is -4.85. The molecule has 0 heterocycles. The summed E-state index contributed by atoms with van der Waals surface area (Å²) < 4.78 is 21.6. The van der Waals surface area contributed by atoms with E-state index in [9.17, 15) is 24.5 Å². The quantitative estimate of drug-likeness (QED) is 0.0995. The first-order valence-corrected chi connectivity index (χ1v) is 14.2. The van der Waals surface area contributed by atoms with Crippen molar-refractivity contribution in [2.75, 3.05) is 34.3 Å². The summed E-state index contributed by atoms with van der Waals surface area (Å²) in [5.74, 6) is -0.649. The Morgan fingerprint density at radius 1 is 0.939 bits per heavy atom. The molecule has 0 aliphatic rings. The van der Waals surface area contributed by atoms with Crippen LogP contribution in [0.15, 0.2) is 0 Å². The van der Waals surface area contributed by atoms with E-state index in [1.165, 1.54) is 57.8 Å². The Bertz CT molecular complexity index is 564. The number of nitrogens with zero attached hydrogens (tertiary/aromatic N) is 1. The number of likely N-dealkylation sites (N-methyl/N-ethyl adjacent to an activating group) is 1. The molecule has 0 saturated carbocycles. The molecule has 0 fully saturated rings. The molecule has 3 unspecified atom stereocenters. The van der Waals surface area contributed by atoms with Crippen LogP contribution in [0.3, 0.4) is 0 Å². The standard InChI is InChI=1S/C24H50NO7P/c1-6-7-8-9-10-11-12-13-14-15-16-17-18-19-22(26)24(2,28)23(27)32-33(29,30)31-21-20-25(3,4)5/h23,27-28H,6-21H2,1-5H3. The number of aliphatic hydroxyl groups is 2. The lowest BCUT2D eigenvalue weighted by molar-refractivity contribution is -0.870. The number of quaternary nitrogens is 1. The molecule has 0 bridgehead atoms. The number of carbonyl (C=O) groups excluding carboxylic acids is 1. The van der Waals surface area contributed by atoms with Crippen LogP contribution >= 0.6 is 7.82 Å². The van der Waals surface area contributed by atoms with Gasteiger partial charge in [-0.25, -0.2) is 0 Å². The van der Waals surface area contributed by atoms with Crippen LogP contribution in [0.1, 0.15) is 104 Å². The van der Waals surface area contributed by atoms with Gasteiger partial charge in [-0.05, 0) is 13.3 Å². The highest BCUT2D eigenvalue weighted by molar-refractivity contribution is 7.45. The molecule has 0 aliphatic heterocycles. The van der Waals surface area contributed by atoms with Gasteiger partial charge >= 0.3 is 0 Å². The molecule has 0 amide bonds. The molecular formula is C24H50NO7P. The lowest BCUT2D eigenvalue weighted by Gasteiger charge is -2.33. The Kier molecular flexibility index (Phi) is 17.0. The maximum absolute atomic E-state index is 12.3. The first-order valence-electron chi connectivity index (χ1n) is 12.7. The Hall–Kier alpha value is -0.340. The summed E-state index contributed by atoms with van der Waals surface area (Å²) in [6, 6.07) is 0. The highest BCUT2D eigenvalue weighted by Gasteiger charge is 2.40. The maximum atomic E-state index is 12.3. The van der Waals surface area contributed by atoms with Gasteiger partial charge in [0.15, 0.2) is 17.7 Å². The van der Waals surface area contributed by atoms with Crippen LogP contribution in [0.4, 0.5) is 0 Å². The Balaban J connectivity index is 3.99. The Labute approximate surface area is 201 Å². The van der Waals surface area contributed by atoms with E-state index in [1.54, 1.807) is 0 Å². The number of rotatable bonds is 22. The van der Waals surface area contributed by atoms with Crippen molar-refractivity contribution in [1.82, 2.24) is 0 Å². The van der Waals surface area contributed by atoms with E-state index in [-0.39, 0.29) is 13.0 Å². The number of phosphoric acid groups is 1. The molecule has 8 nitrogen and oxygen atoms in total. The van der Waals surface area contributed by atoms with Gasteiger partial charge in [0.1, 0.15) is 13.2 Å². The molecule has 198 valence electrons. The van der Waals surface area contributed by atoms with Gasteiger partial charge in [0.25, 0.3) is 7.82 Å². The number of unbranched alkanes of at least 4 members (excludes halogenated alkanes) is 12. The first kappa shape index (κ1) is 32.7. The molecule has 0 aromatic carbocycles. The first-order chi connectivity index (χ1) is 15.3. The second kappa shape index (κ2) is 17.1. The zero-order valence-corrected chi connectivity index (χ0v) is 22.6. The predicted octanol–water partition coefficient (Wildman–Crippen LogP) is 4.31. The molecule has 0 spiro atoms. The van der Waals surface area contributed by atoms with E-state index in [0.29, 0.717) is 17.4 Å². The summed E-state index contributed by atoms with van der Waals surface area (Å²) in [5, 5.41) is 20.3. The van der Waals surface area contributed by atoms with Crippen LogP contribution in [-0.2, 0) is 18.4 Å². The predicted molar refractivity (Wildman–Crippen MR) is 129 cm³/mol. The molecule has 0 saturated heterocycles. The number of aliphatic hydroxyl groups excluding tert-OH is 1. The van der Waals surface area contributed by atoms with Gasteiger partial charge in [-0.2, -0.15) is 0 Å². The van der Waals surface area contributed by atoms with Crippen LogP contribution < -0.4 is 4.89 Å². The van der Waals surface area contributed by atoms with Gasteiger partial charge in [0.05, 0.1) is 21.1 Å². The van der Waals surface area contributed by atoms with E-state index >= 15 is 0 Å². The molecule has 0 rings (SSSR count). The second-order valence-electron chi connectivity index (χ2n) is 10.3. The van der Waals surface area contributed by atoms with Crippen molar-refractivity contribution < 1.29 is 38.0 Å². The van der Waals surface area contributed by atoms with Crippen molar-refractivity contribution in [3.05, 3.63) is 0 Å². The molecule has 9 heteroatoms. The number of ketones is 1. The average molecular weight is 496 g/mol. The fourth-order valence-electron chi connectivity index (χ4n) is 3.38. The van der Waals surface area contributed by atoms with Gasteiger partial charge in [-0.3, -0.25) is 13.9 Å². The minimum Gasteiger partial charge on any atom is -0.756 e. The fraction of sp³-hybridized carbons (Fsp3) is 0.958. The maximum Gasteiger partial charge on any atom is 0.270 e. The zero-order valence-electron chi connectivity index (χ0n) is 21.7. The van der Waals surface area contributed by atoms with Crippen molar-refractivity contribution in [1.29, 1.82) is 0 Å². The third-order valence-electron chi connectivity index (χ3n) is 5.79. The van der Waals surface area contributed by atoms with Crippen molar-refractivity contribution in [2.45, 2.75) is 116 Å². The van der Waals surface area contributed by atoms with Crippen LogP contribution in [0.25, 0.3) is 0 Å². The summed E-state index contributed by atoms with van der Waals surface area (Å²) in [5.41, 5.74) is -2.32. The van der Waals surface area contributed by atoms with Crippen LogP contribution in [0.2, 0.25) is 0 Å². The monoisotopic (exact) mass is 495 g/mol. The van der Waals surface area contributed by atoms with E-state index in [0.717, 1.165) is 26.2 Å². The number of hydrogen-bond acceptors (Lipinski definition) is 7. The molecule has 0 aliphatic carbocycles. The lowest BCUT2D eigenvalue weighted by Crippen LogP contribution is -2.48. The van der Waals surface area contributed by atoms with Gasteiger partial charge in [0.2, 0.25) is 0 Å². The third-order valence-corrected chi connectivity index (χ3v) is 6.75. The number of hydrogen-bond donors (Lipinski definition) is 2. The van der Waals surface area contributed by atoms with E-state index < -0.39 is 25.5 Å². The van der Waals surface area contributed by atoms with E-state index in [4.69, 9.17) is 4.52 Å². The lowest BCUT2D eigenvalue weighted by atomic mass is 9.95. The molecule has 3 atom stereocenters. The van der Waals surface area contributed by atoms with Gasteiger partial charge in [0, 0.05) is 6.42 Å². The Morgan fingerprint density at radius 3 is 1.79 bits per heavy atom. The molecule has 33 heavy (non-hydrogen) atoms. The summed E-state index contributed by atoms with van der Waals surface area (Å²) in [7, 11) is 0.756. The Morgan fingerprint density at radius 2 is 1.36 bits per heavy atom. The summed E-state index contributed by atoms with van der Waals surface area (Å²) >= 11 is 0. The van der Waals surface area contributed by atoms with Crippen molar-refractivity contribution in [3.8, 4) is 0 Å². The summed E-state index contributed by atoms with van der Waals surface area (Å²) in [4.78, 5) is 24.2. The largest absolute Gasteiger partial charge is 0.756 e. The average Bonchev–Trinajstić information content (AvgIpc) is 2.69. The SMILES string of the molecule is CCCCCCCCCCCCCCCC(=O)C(C)(O)C(O)OP(=O)([O-])OCC[N+](C)(C)C. The summed E-state index contributed by atoms with van der Waals surface area (Å²) in [6.45, 7) is 3.56. The van der Waals surface area contributed by atoms with Gasteiger partial charge < -0.3 is 24.1 Å². The minimum absolute atomic E-state index is 0.0523. The number of carbonyl (C=O) groups is 1. The van der Waals surface area contributed by atoms with Crippen LogP contribution in [-0.4, -0.2) is 66.7 Å². The normalized spacial score (nSPS) is 16.8. The fourth-order valence-corrected chi connectivity index (χ4v) is 4.19. The van der Waals surface area contributed by atoms with Crippen molar-refractivity contribution in [3.63, 3.8) is 0 Å². The molecule has 0 aromatic rings. The second-order valence-corrected chi connectivity index (χ2v) is 11.7. The smallest absolute Gasteiger partial charge is 0.270 e. The third kappa shape index (κ3) is 17.7. The molecular weight excluding hydrogens is 445 g/mol. The number of phosphoric ester groups is 1. The molecule has 2 N–H and O–H groups in total. The molecule has 0 aromatic heterocycles. The van der Waals surface area contributed by atoms with E-state index in [1.807, 2.05) is 21.1 Å². The zero-order chi connectivity index (χ0) is 25.4. The van der Waals surface area contributed by atoms with Crippen LogP contribution in [0, 0.1) is 0 Å². The highest BCUT2D eigenvalue weighted by Crippen LogP contribution is 2.41. The topological polar surface area (TPSA) is 116 Å². The van der Waals surface area contributed by atoms with Gasteiger partial charge in [-0.15, -0.1) is 0 Å². The summed E-state index contributed by atoms with van der Waals surface area (Å²) in [6.07, 6.45) is 13.1. The highest BCUT2D eigenvalue weighted by atomic mass is 31.2. The molecule has 0 radical (unpaired) electrons.